The van der Waals surface area contributed by atoms with Crippen LogP contribution in [0.25, 0.3) is 16.8 Å². The van der Waals surface area contributed by atoms with Crippen molar-refractivity contribution < 1.29 is 9.18 Å². The third-order valence-corrected chi connectivity index (χ3v) is 5.89. The molecule has 5 nitrogen and oxygen atoms in total. The van der Waals surface area contributed by atoms with Crippen LogP contribution in [0.4, 0.5) is 4.39 Å². The second-order valence-electron chi connectivity index (χ2n) is 7.00. The summed E-state index contributed by atoms with van der Waals surface area (Å²) in [5, 5.41) is 9.59. The zero-order valence-electron chi connectivity index (χ0n) is 16.5. The first-order valence-corrected chi connectivity index (χ1v) is 10.2. The van der Waals surface area contributed by atoms with Crippen LogP contribution in [0.1, 0.15) is 27.5 Å². The molecule has 1 N–H and O–H groups in total. The molecule has 29 heavy (non-hydrogen) atoms. The zero-order valence-corrected chi connectivity index (χ0v) is 17.3. The second-order valence-corrected chi connectivity index (χ2v) is 8.03. The van der Waals surface area contributed by atoms with Crippen molar-refractivity contribution in [3.8, 4) is 11.1 Å². The molecule has 0 atom stereocenters. The van der Waals surface area contributed by atoms with Crippen LogP contribution in [-0.2, 0) is 17.8 Å². The largest absolute Gasteiger partial charge is 0.351 e. The Labute approximate surface area is 172 Å². The number of nitrogens with one attached hydrogen (secondary N) is 1. The maximum absolute atomic E-state index is 13.3. The molecule has 148 valence electrons. The fraction of sp³-hybridized carbons (Fsp3) is 0.227. The van der Waals surface area contributed by atoms with Crippen molar-refractivity contribution in [3.63, 3.8) is 0 Å². The van der Waals surface area contributed by atoms with Crippen LogP contribution in [0, 0.1) is 26.6 Å². The van der Waals surface area contributed by atoms with E-state index in [-0.39, 0.29) is 18.1 Å². The summed E-state index contributed by atoms with van der Waals surface area (Å²) in [6.07, 6.45) is 0.247. The van der Waals surface area contributed by atoms with Crippen LogP contribution < -0.4 is 5.32 Å². The first kappa shape index (κ1) is 19.3. The first-order valence-electron chi connectivity index (χ1n) is 9.34. The number of carbonyl (C=O) groups is 1. The fourth-order valence-electron chi connectivity index (χ4n) is 3.50. The highest BCUT2D eigenvalue weighted by atomic mass is 32.1. The smallest absolute Gasteiger partial charge is 0.224 e. The molecular weight excluding hydrogens is 387 g/mol. The Kier molecular flexibility index (Phi) is 5.15. The third kappa shape index (κ3) is 3.78. The fourth-order valence-corrected chi connectivity index (χ4v) is 4.15. The van der Waals surface area contributed by atoms with Gasteiger partial charge in [-0.05, 0) is 49.9 Å². The number of hydrogen-bond donors (Lipinski definition) is 1. The molecule has 0 aliphatic heterocycles. The lowest BCUT2D eigenvalue weighted by Gasteiger charge is -2.12. The average Bonchev–Trinajstić information content (AvgIpc) is 3.32. The lowest BCUT2D eigenvalue weighted by molar-refractivity contribution is -0.120. The number of benzene rings is 1. The number of carbonyl (C=O) groups excluding carboxylic acids is 1. The van der Waals surface area contributed by atoms with Gasteiger partial charge in [-0.25, -0.2) is 13.9 Å². The van der Waals surface area contributed by atoms with E-state index in [1.807, 2.05) is 38.3 Å². The molecule has 0 bridgehead atoms. The molecule has 1 aromatic carbocycles. The molecule has 1 amide bonds. The number of thiophene rings is 1. The van der Waals surface area contributed by atoms with E-state index >= 15 is 0 Å². The number of nitrogens with zero attached hydrogens (tertiary/aromatic N) is 3. The standard InChI is InChI=1S/C22H21FN4OS/c1-13-19(11-20(28)24-12-18-5-4-10-29-18)15(3)27-22(25-13)21(14(2)26-27)16-6-8-17(23)9-7-16/h4-10H,11-12H2,1-3H3,(H,24,28). The summed E-state index contributed by atoms with van der Waals surface area (Å²) in [5.74, 6) is -0.326. The molecule has 0 saturated carbocycles. The van der Waals surface area contributed by atoms with Crippen molar-refractivity contribution in [1.82, 2.24) is 19.9 Å². The van der Waals surface area contributed by atoms with Gasteiger partial charge in [-0.1, -0.05) is 18.2 Å². The number of aromatic nitrogens is 3. The third-order valence-electron chi connectivity index (χ3n) is 5.01. The van der Waals surface area contributed by atoms with Crippen LogP contribution in [0.5, 0.6) is 0 Å². The van der Waals surface area contributed by atoms with Gasteiger partial charge in [0, 0.05) is 27.4 Å². The minimum atomic E-state index is -0.279. The second kappa shape index (κ2) is 7.75. The lowest BCUT2D eigenvalue weighted by atomic mass is 10.0. The van der Waals surface area contributed by atoms with Crippen molar-refractivity contribution in [2.45, 2.75) is 33.7 Å². The van der Waals surface area contributed by atoms with Gasteiger partial charge in [-0.15, -0.1) is 11.3 Å². The number of rotatable bonds is 5. The summed E-state index contributed by atoms with van der Waals surface area (Å²) in [6, 6.07) is 10.3. The van der Waals surface area contributed by atoms with Gasteiger partial charge >= 0.3 is 0 Å². The zero-order chi connectivity index (χ0) is 20.5. The van der Waals surface area contributed by atoms with E-state index in [0.29, 0.717) is 12.2 Å². The predicted octanol–water partition coefficient (Wildman–Crippen LogP) is 4.38. The van der Waals surface area contributed by atoms with Gasteiger partial charge in [0.2, 0.25) is 5.91 Å². The van der Waals surface area contributed by atoms with Crippen LogP contribution in [0.2, 0.25) is 0 Å². The summed E-state index contributed by atoms with van der Waals surface area (Å²) in [6.45, 7) is 6.30. The highest BCUT2D eigenvalue weighted by Gasteiger charge is 2.19. The maximum Gasteiger partial charge on any atom is 0.224 e. The number of aryl methyl sites for hydroxylation is 3. The van der Waals surface area contributed by atoms with Gasteiger partial charge in [0.05, 0.1) is 18.7 Å². The van der Waals surface area contributed by atoms with E-state index in [1.165, 1.54) is 12.1 Å². The Bertz CT molecular complexity index is 1180. The molecule has 3 aromatic heterocycles. The van der Waals surface area contributed by atoms with Crippen molar-refractivity contribution in [2.24, 2.45) is 0 Å². The first-order chi connectivity index (χ1) is 13.9. The van der Waals surface area contributed by atoms with E-state index in [9.17, 15) is 9.18 Å². The average molecular weight is 409 g/mol. The Morgan fingerprint density at radius 2 is 1.90 bits per heavy atom. The Balaban J connectivity index is 1.66. The van der Waals surface area contributed by atoms with Crippen molar-refractivity contribution in [1.29, 1.82) is 0 Å². The van der Waals surface area contributed by atoms with Gasteiger partial charge in [0.1, 0.15) is 5.82 Å². The van der Waals surface area contributed by atoms with Gasteiger partial charge in [-0.3, -0.25) is 4.79 Å². The minimum absolute atomic E-state index is 0.0478. The molecule has 3 heterocycles. The summed E-state index contributed by atoms with van der Waals surface area (Å²) in [4.78, 5) is 18.3. The Hall–Kier alpha value is -3.06. The normalized spacial score (nSPS) is 11.2. The molecule has 0 radical (unpaired) electrons. The molecule has 0 aliphatic carbocycles. The van der Waals surface area contributed by atoms with Crippen molar-refractivity contribution >= 4 is 22.9 Å². The molecule has 0 aliphatic rings. The molecule has 0 spiro atoms. The van der Waals surface area contributed by atoms with E-state index in [2.05, 4.69) is 10.4 Å². The number of fused-ring (bicyclic) bond motifs is 1. The monoisotopic (exact) mass is 408 g/mol. The van der Waals surface area contributed by atoms with Crippen LogP contribution in [-0.4, -0.2) is 20.5 Å². The Morgan fingerprint density at radius 1 is 1.14 bits per heavy atom. The van der Waals surface area contributed by atoms with Crippen LogP contribution >= 0.6 is 11.3 Å². The van der Waals surface area contributed by atoms with E-state index < -0.39 is 0 Å². The number of halogens is 1. The number of hydrogen-bond acceptors (Lipinski definition) is 4. The maximum atomic E-state index is 13.3. The SMILES string of the molecule is Cc1nc2c(-c3ccc(F)cc3)c(C)nn2c(C)c1CC(=O)NCc1cccs1. The number of amides is 1. The van der Waals surface area contributed by atoms with Gasteiger partial charge in [-0.2, -0.15) is 5.10 Å². The highest BCUT2D eigenvalue weighted by Crippen LogP contribution is 2.29. The quantitative estimate of drug-likeness (QED) is 0.533. The van der Waals surface area contributed by atoms with Crippen molar-refractivity contribution in [3.05, 3.63) is 75.1 Å². The Morgan fingerprint density at radius 3 is 2.59 bits per heavy atom. The minimum Gasteiger partial charge on any atom is -0.351 e. The van der Waals surface area contributed by atoms with Crippen molar-refractivity contribution in [2.75, 3.05) is 0 Å². The molecule has 4 rings (SSSR count). The molecule has 4 aromatic rings. The van der Waals surface area contributed by atoms with Gasteiger partial charge in [0.15, 0.2) is 5.65 Å². The summed E-state index contributed by atoms with van der Waals surface area (Å²) in [7, 11) is 0. The van der Waals surface area contributed by atoms with Crippen LogP contribution in [0.3, 0.4) is 0 Å². The summed E-state index contributed by atoms with van der Waals surface area (Å²) >= 11 is 1.62. The van der Waals surface area contributed by atoms with E-state index in [1.54, 1.807) is 28.0 Å². The van der Waals surface area contributed by atoms with Gasteiger partial charge < -0.3 is 5.32 Å². The molecule has 0 unspecified atom stereocenters. The highest BCUT2D eigenvalue weighted by molar-refractivity contribution is 7.09. The topological polar surface area (TPSA) is 59.3 Å². The lowest BCUT2D eigenvalue weighted by Crippen LogP contribution is -2.25. The summed E-state index contributed by atoms with van der Waals surface area (Å²) in [5.41, 5.74) is 5.82. The van der Waals surface area contributed by atoms with Crippen LogP contribution in [0.15, 0.2) is 41.8 Å². The van der Waals surface area contributed by atoms with E-state index in [0.717, 1.165) is 38.6 Å². The van der Waals surface area contributed by atoms with E-state index in [4.69, 9.17) is 4.98 Å². The van der Waals surface area contributed by atoms with Gasteiger partial charge in [0.25, 0.3) is 0 Å². The molecular formula is C22H21FN4OS. The molecule has 0 saturated heterocycles. The molecule has 0 fully saturated rings. The summed E-state index contributed by atoms with van der Waals surface area (Å²) < 4.78 is 15.1. The molecule has 7 heteroatoms. The predicted molar refractivity (Wildman–Crippen MR) is 112 cm³/mol.